The summed E-state index contributed by atoms with van der Waals surface area (Å²) in [5, 5.41) is 7.14. The molecule has 1 N–H and O–H groups in total. The van der Waals surface area contributed by atoms with Crippen molar-refractivity contribution in [2.45, 2.75) is 25.4 Å². The molecule has 1 aliphatic heterocycles. The average Bonchev–Trinajstić information content (AvgIpc) is 3.13. The minimum Gasteiger partial charge on any atom is -0.352 e. The average molecular weight is 350 g/mol. The molecule has 8 heteroatoms. The molecule has 3 rings (SSSR count). The zero-order valence-electron chi connectivity index (χ0n) is 13.7. The van der Waals surface area contributed by atoms with Crippen LogP contribution in [0.2, 0.25) is 0 Å². The van der Waals surface area contributed by atoms with Crippen LogP contribution in [0.4, 0.5) is 0 Å². The first-order valence-electron chi connectivity index (χ1n) is 8.03. The molecule has 0 saturated carbocycles. The van der Waals surface area contributed by atoms with Gasteiger partial charge in [0.15, 0.2) is 9.84 Å². The molecule has 0 aromatic carbocycles. The first-order valence-corrected chi connectivity index (χ1v) is 9.85. The van der Waals surface area contributed by atoms with Crippen molar-refractivity contribution in [1.82, 2.24) is 19.8 Å². The summed E-state index contributed by atoms with van der Waals surface area (Å²) >= 11 is 0. The van der Waals surface area contributed by atoms with Crippen molar-refractivity contribution in [2.75, 3.05) is 25.1 Å². The first-order chi connectivity index (χ1) is 11.4. The summed E-state index contributed by atoms with van der Waals surface area (Å²) in [5.41, 5.74) is 1.95. The highest BCUT2D eigenvalue weighted by Crippen LogP contribution is 2.16. The van der Waals surface area contributed by atoms with Crippen molar-refractivity contribution in [3.05, 3.63) is 36.2 Å². The lowest BCUT2D eigenvalue weighted by Gasteiger charge is -2.22. The lowest BCUT2D eigenvalue weighted by molar-refractivity contribution is -0.121. The molecule has 0 spiro atoms. The fourth-order valence-electron chi connectivity index (χ4n) is 2.99. The molecule has 1 unspecified atom stereocenters. The van der Waals surface area contributed by atoms with E-state index in [0.29, 0.717) is 25.9 Å². The van der Waals surface area contributed by atoms with Gasteiger partial charge in [0, 0.05) is 37.3 Å². The second kappa shape index (κ2) is 6.90. The summed E-state index contributed by atoms with van der Waals surface area (Å²) in [4.78, 5) is 14.0. The van der Waals surface area contributed by atoms with Gasteiger partial charge in [-0.25, -0.2) is 12.9 Å². The quantitative estimate of drug-likeness (QED) is 0.818. The molecular weight excluding hydrogens is 328 g/mol. The molecule has 1 amide bonds. The highest BCUT2D eigenvalue weighted by atomic mass is 32.2. The number of aromatic nitrogens is 2. The molecule has 0 radical (unpaired) electrons. The zero-order valence-corrected chi connectivity index (χ0v) is 14.5. The standard InChI is InChI=1S/C16H22N4O3S/c1-19(14-6-9-24(22,23)12-14)8-5-16(21)17-10-13-11-18-20-7-3-2-4-15(13)20/h2-4,7,11,14H,5-6,8-10,12H2,1H3,(H,17,21). The van der Waals surface area contributed by atoms with Crippen molar-refractivity contribution in [2.24, 2.45) is 0 Å². The van der Waals surface area contributed by atoms with Crippen molar-refractivity contribution < 1.29 is 13.2 Å². The smallest absolute Gasteiger partial charge is 0.221 e. The lowest BCUT2D eigenvalue weighted by Crippen LogP contribution is -2.36. The second-order valence-corrected chi connectivity index (χ2v) is 8.49. The molecule has 7 nitrogen and oxygen atoms in total. The van der Waals surface area contributed by atoms with Gasteiger partial charge in [0.2, 0.25) is 5.91 Å². The Labute approximate surface area is 141 Å². The molecule has 1 atom stereocenters. The number of carbonyl (C=O) groups excluding carboxylic acids is 1. The molecule has 2 aromatic rings. The highest BCUT2D eigenvalue weighted by Gasteiger charge is 2.30. The van der Waals surface area contributed by atoms with E-state index < -0.39 is 9.84 Å². The third-order valence-electron chi connectivity index (χ3n) is 4.51. The van der Waals surface area contributed by atoms with Crippen LogP contribution in [-0.4, -0.2) is 60.0 Å². The first kappa shape index (κ1) is 16.9. The van der Waals surface area contributed by atoms with Crippen molar-refractivity contribution in [3.8, 4) is 0 Å². The number of nitrogens with zero attached hydrogens (tertiary/aromatic N) is 3. The van der Waals surface area contributed by atoms with E-state index in [1.54, 1.807) is 10.7 Å². The Balaban J connectivity index is 1.46. The summed E-state index contributed by atoms with van der Waals surface area (Å²) in [6, 6.07) is 5.83. The van der Waals surface area contributed by atoms with E-state index in [1.165, 1.54) is 0 Å². The van der Waals surface area contributed by atoms with Crippen LogP contribution in [0.15, 0.2) is 30.6 Å². The number of amides is 1. The van der Waals surface area contributed by atoms with E-state index >= 15 is 0 Å². The fraction of sp³-hybridized carbons (Fsp3) is 0.500. The number of carbonyl (C=O) groups is 1. The molecule has 130 valence electrons. The van der Waals surface area contributed by atoms with Gasteiger partial charge in [-0.3, -0.25) is 4.79 Å². The van der Waals surface area contributed by atoms with Crippen molar-refractivity contribution in [1.29, 1.82) is 0 Å². The molecule has 3 heterocycles. The Morgan fingerprint density at radius 1 is 1.46 bits per heavy atom. The number of fused-ring (bicyclic) bond motifs is 1. The Morgan fingerprint density at radius 3 is 3.04 bits per heavy atom. The Morgan fingerprint density at radius 2 is 2.29 bits per heavy atom. The van der Waals surface area contributed by atoms with E-state index in [2.05, 4.69) is 10.4 Å². The Kier molecular flexibility index (Phi) is 4.86. The second-order valence-electron chi connectivity index (χ2n) is 6.26. The van der Waals surface area contributed by atoms with E-state index in [9.17, 15) is 13.2 Å². The normalized spacial score (nSPS) is 19.8. The van der Waals surface area contributed by atoms with Gasteiger partial charge >= 0.3 is 0 Å². The molecule has 1 fully saturated rings. The Hall–Kier alpha value is -1.93. The van der Waals surface area contributed by atoms with Crippen molar-refractivity contribution >= 4 is 21.3 Å². The van der Waals surface area contributed by atoms with Gasteiger partial charge in [0.1, 0.15) is 0 Å². The molecule has 2 aromatic heterocycles. The van der Waals surface area contributed by atoms with E-state index in [0.717, 1.165) is 11.1 Å². The van der Waals surface area contributed by atoms with Gasteiger partial charge in [0.05, 0.1) is 23.2 Å². The molecule has 24 heavy (non-hydrogen) atoms. The van der Waals surface area contributed by atoms with Crippen molar-refractivity contribution in [3.63, 3.8) is 0 Å². The number of hydrogen-bond donors (Lipinski definition) is 1. The largest absolute Gasteiger partial charge is 0.352 e. The van der Waals surface area contributed by atoms with Gasteiger partial charge in [-0.15, -0.1) is 0 Å². The van der Waals surface area contributed by atoms with Gasteiger partial charge < -0.3 is 10.2 Å². The van der Waals surface area contributed by atoms with Gasteiger partial charge in [-0.2, -0.15) is 5.10 Å². The zero-order chi connectivity index (χ0) is 17.2. The third-order valence-corrected chi connectivity index (χ3v) is 6.26. The van der Waals surface area contributed by atoms with E-state index in [4.69, 9.17) is 0 Å². The van der Waals surface area contributed by atoms with Crippen LogP contribution in [0, 0.1) is 0 Å². The predicted octanol–water partition coefficient (Wildman–Crippen LogP) is 0.459. The molecule has 1 aliphatic rings. The number of rotatable bonds is 6. The van der Waals surface area contributed by atoms with Crippen LogP contribution < -0.4 is 5.32 Å². The van der Waals surface area contributed by atoms with Gasteiger partial charge in [0.25, 0.3) is 0 Å². The van der Waals surface area contributed by atoms with E-state index in [-0.39, 0.29) is 23.5 Å². The third kappa shape index (κ3) is 3.93. The minimum atomic E-state index is -2.89. The van der Waals surface area contributed by atoms with Crippen LogP contribution >= 0.6 is 0 Å². The maximum Gasteiger partial charge on any atom is 0.221 e. The van der Waals surface area contributed by atoms with Crippen LogP contribution in [0.5, 0.6) is 0 Å². The fourth-order valence-corrected chi connectivity index (χ4v) is 4.79. The summed E-state index contributed by atoms with van der Waals surface area (Å²) < 4.78 is 24.8. The minimum absolute atomic E-state index is 0.0300. The molecule has 0 aliphatic carbocycles. The van der Waals surface area contributed by atoms with Gasteiger partial charge in [-0.05, 0) is 25.6 Å². The van der Waals surface area contributed by atoms with Crippen LogP contribution in [0.1, 0.15) is 18.4 Å². The van der Waals surface area contributed by atoms with E-state index in [1.807, 2.05) is 36.3 Å². The Bertz CT molecular complexity index is 831. The number of hydrogen-bond acceptors (Lipinski definition) is 5. The maximum atomic E-state index is 12.0. The van der Waals surface area contributed by atoms with Crippen LogP contribution in [0.3, 0.4) is 0 Å². The summed E-state index contributed by atoms with van der Waals surface area (Å²) in [6.45, 7) is 0.995. The van der Waals surface area contributed by atoms with Crippen LogP contribution in [-0.2, 0) is 21.2 Å². The number of nitrogens with one attached hydrogen (secondary N) is 1. The molecule has 1 saturated heterocycles. The van der Waals surface area contributed by atoms with Gasteiger partial charge in [-0.1, -0.05) is 6.07 Å². The maximum absolute atomic E-state index is 12.0. The molecule has 0 bridgehead atoms. The topological polar surface area (TPSA) is 83.8 Å². The van der Waals surface area contributed by atoms with Crippen LogP contribution in [0.25, 0.3) is 5.52 Å². The monoisotopic (exact) mass is 350 g/mol. The highest BCUT2D eigenvalue weighted by molar-refractivity contribution is 7.91. The molecular formula is C16H22N4O3S. The predicted molar refractivity (Wildman–Crippen MR) is 91.3 cm³/mol. The SMILES string of the molecule is CN(CCC(=O)NCc1cnn2ccccc12)C1CCS(=O)(=O)C1. The summed E-state index contributed by atoms with van der Waals surface area (Å²) in [5.74, 6) is 0.411. The summed E-state index contributed by atoms with van der Waals surface area (Å²) in [7, 11) is -1.01. The number of pyridine rings is 1. The lowest BCUT2D eigenvalue weighted by atomic mass is 10.2. The summed E-state index contributed by atoms with van der Waals surface area (Å²) in [6.07, 6.45) is 4.63. The number of sulfone groups is 1.